The first-order valence-electron chi connectivity index (χ1n) is 4.15. The van der Waals surface area contributed by atoms with Gasteiger partial charge < -0.3 is 5.32 Å². The van der Waals surface area contributed by atoms with Crippen molar-refractivity contribution in [1.82, 2.24) is 5.32 Å². The van der Waals surface area contributed by atoms with Gasteiger partial charge in [-0.15, -0.1) is 0 Å². The fourth-order valence-electron chi connectivity index (χ4n) is 0.766. The number of unbranched alkanes of at least 4 members (excludes halogenated alkanes) is 3. The predicted molar refractivity (Wildman–Crippen MR) is 51.1 cm³/mol. The van der Waals surface area contributed by atoms with Crippen LogP contribution in [0.2, 0.25) is 0 Å². The molecule has 0 atom stereocenters. The van der Waals surface area contributed by atoms with Crippen molar-refractivity contribution in [2.45, 2.75) is 32.6 Å². The van der Waals surface area contributed by atoms with Crippen molar-refractivity contribution >= 4 is 17.0 Å². The van der Waals surface area contributed by atoms with Crippen molar-refractivity contribution in [1.29, 1.82) is 0 Å². The first-order chi connectivity index (χ1) is 5.31. The second-order valence-electron chi connectivity index (χ2n) is 2.45. The Morgan fingerprint density at radius 1 is 1.36 bits per heavy atom. The molecule has 2 nitrogen and oxygen atoms in total. The topological polar surface area (TPSA) is 29.1 Å². The largest absolute Gasteiger partial charge is 0.350 e. The number of hydrogen-bond acceptors (Lipinski definition) is 2. The molecule has 0 aliphatic rings. The standard InChI is InChI=1S/C8H17NOS/c1-3-4-5-6-7-11-8(10)9-2/h3-7H2,1-2H3,(H,9,10). The number of thioether (sulfide) groups is 1. The molecule has 0 aromatic heterocycles. The molecule has 0 unspecified atom stereocenters. The van der Waals surface area contributed by atoms with Gasteiger partial charge in [-0.25, -0.2) is 0 Å². The Morgan fingerprint density at radius 3 is 2.64 bits per heavy atom. The molecule has 1 N–H and O–H groups in total. The third-order valence-electron chi connectivity index (χ3n) is 1.44. The minimum Gasteiger partial charge on any atom is -0.350 e. The van der Waals surface area contributed by atoms with Gasteiger partial charge in [-0.05, 0) is 6.42 Å². The van der Waals surface area contributed by atoms with Crippen molar-refractivity contribution in [2.24, 2.45) is 0 Å². The van der Waals surface area contributed by atoms with E-state index in [1.807, 2.05) is 0 Å². The Morgan fingerprint density at radius 2 is 2.09 bits per heavy atom. The normalized spacial score (nSPS) is 9.64. The number of hydrogen-bond donors (Lipinski definition) is 1. The minimum atomic E-state index is 0.0847. The van der Waals surface area contributed by atoms with E-state index in [0.717, 1.165) is 12.2 Å². The Hall–Kier alpha value is -0.180. The van der Waals surface area contributed by atoms with Gasteiger partial charge in [-0.1, -0.05) is 37.9 Å². The van der Waals surface area contributed by atoms with E-state index < -0.39 is 0 Å². The SMILES string of the molecule is CCCCCCSC(=O)NC. The van der Waals surface area contributed by atoms with Crippen molar-refractivity contribution in [3.8, 4) is 0 Å². The van der Waals surface area contributed by atoms with Crippen molar-refractivity contribution in [3.05, 3.63) is 0 Å². The van der Waals surface area contributed by atoms with Crippen molar-refractivity contribution in [3.63, 3.8) is 0 Å². The molecule has 0 radical (unpaired) electrons. The molecule has 3 heteroatoms. The van der Waals surface area contributed by atoms with E-state index >= 15 is 0 Å². The lowest BCUT2D eigenvalue weighted by molar-refractivity contribution is 0.262. The van der Waals surface area contributed by atoms with E-state index in [9.17, 15) is 4.79 Å². The second kappa shape index (κ2) is 7.92. The molecular formula is C8H17NOS. The van der Waals surface area contributed by atoms with Crippen LogP contribution >= 0.6 is 11.8 Å². The summed E-state index contributed by atoms with van der Waals surface area (Å²) >= 11 is 1.38. The van der Waals surface area contributed by atoms with Gasteiger partial charge in [0.15, 0.2) is 0 Å². The molecule has 66 valence electrons. The summed E-state index contributed by atoms with van der Waals surface area (Å²) in [5.41, 5.74) is 0. The number of rotatable bonds is 5. The molecule has 0 heterocycles. The quantitative estimate of drug-likeness (QED) is 0.651. The van der Waals surface area contributed by atoms with Gasteiger partial charge in [0.2, 0.25) is 0 Å². The van der Waals surface area contributed by atoms with Gasteiger partial charge in [0.25, 0.3) is 5.24 Å². The molecule has 0 fully saturated rings. The van der Waals surface area contributed by atoms with E-state index in [-0.39, 0.29) is 5.24 Å². The maximum Gasteiger partial charge on any atom is 0.278 e. The molecule has 0 saturated heterocycles. The van der Waals surface area contributed by atoms with Gasteiger partial charge in [-0.3, -0.25) is 4.79 Å². The van der Waals surface area contributed by atoms with E-state index in [0.29, 0.717) is 0 Å². The highest BCUT2D eigenvalue weighted by atomic mass is 32.2. The molecule has 0 rings (SSSR count). The molecule has 1 amide bonds. The average Bonchev–Trinajstić information content (AvgIpc) is 2.04. The zero-order valence-electron chi connectivity index (χ0n) is 7.35. The molecule has 0 aliphatic carbocycles. The molecule has 0 saturated carbocycles. The van der Waals surface area contributed by atoms with Gasteiger partial charge in [-0.2, -0.15) is 0 Å². The van der Waals surface area contributed by atoms with Crippen LogP contribution in [0.1, 0.15) is 32.6 Å². The van der Waals surface area contributed by atoms with Gasteiger partial charge in [0, 0.05) is 12.8 Å². The highest BCUT2D eigenvalue weighted by molar-refractivity contribution is 8.13. The van der Waals surface area contributed by atoms with E-state index in [1.165, 1.54) is 31.0 Å². The van der Waals surface area contributed by atoms with Crippen LogP contribution in [0, 0.1) is 0 Å². The molecular weight excluding hydrogens is 158 g/mol. The van der Waals surface area contributed by atoms with E-state index in [4.69, 9.17) is 0 Å². The summed E-state index contributed by atoms with van der Waals surface area (Å²) in [4.78, 5) is 10.7. The van der Waals surface area contributed by atoms with Crippen LogP contribution in [-0.2, 0) is 0 Å². The summed E-state index contributed by atoms with van der Waals surface area (Å²) in [5, 5.41) is 2.66. The molecule has 0 aromatic carbocycles. The Kier molecular flexibility index (Phi) is 7.79. The summed E-state index contributed by atoms with van der Waals surface area (Å²) in [6, 6.07) is 0. The van der Waals surface area contributed by atoms with E-state index in [2.05, 4.69) is 12.2 Å². The smallest absolute Gasteiger partial charge is 0.278 e. The Labute approximate surface area is 73.1 Å². The molecule has 0 aliphatic heterocycles. The third kappa shape index (κ3) is 7.72. The zero-order valence-corrected chi connectivity index (χ0v) is 8.17. The van der Waals surface area contributed by atoms with Gasteiger partial charge in [0.1, 0.15) is 0 Å². The first kappa shape index (κ1) is 10.8. The van der Waals surface area contributed by atoms with Crippen LogP contribution in [0.3, 0.4) is 0 Å². The molecule has 0 spiro atoms. The summed E-state index contributed by atoms with van der Waals surface area (Å²) in [5.74, 6) is 0.958. The average molecular weight is 175 g/mol. The molecule has 11 heavy (non-hydrogen) atoms. The van der Waals surface area contributed by atoms with Crippen molar-refractivity contribution in [2.75, 3.05) is 12.8 Å². The predicted octanol–water partition coefficient (Wildman–Crippen LogP) is 2.64. The Bertz CT molecular complexity index is 106. The van der Waals surface area contributed by atoms with Crippen LogP contribution < -0.4 is 5.32 Å². The van der Waals surface area contributed by atoms with Crippen LogP contribution in [-0.4, -0.2) is 18.0 Å². The van der Waals surface area contributed by atoms with Crippen LogP contribution in [0.4, 0.5) is 4.79 Å². The van der Waals surface area contributed by atoms with Crippen LogP contribution in [0.5, 0.6) is 0 Å². The lowest BCUT2D eigenvalue weighted by Gasteiger charge is -1.98. The lowest BCUT2D eigenvalue weighted by Crippen LogP contribution is -2.11. The molecule has 0 bridgehead atoms. The summed E-state index contributed by atoms with van der Waals surface area (Å²) in [7, 11) is 1.67. The van der Waals surface area contributed by atoms with Gasteiger partial charge in [0.05, 0.1) is 0 Å². The number of amides is 1. The first-order valence-corrected chi connectivity index (χ1v) is 5.14. The maximum absolute atomic E-state index is 10.7. The van der Waals surface area contributed by atoms with Crippen molar-refractivity contribution < 1.29 is 4.79 Å². The minimum absolute atomic E-state index is 0.0847. The third-order valence-corrected chi connectivity index (χ3v) is 2.39. The monoisotopic (exact) mass is 175 g/mol. The zero-order chi connectivity index (χ0) is 8.53. The summed E-state index contributed by atoms with van der Waals surface area (Å²) < 4.78 is 0. The van der Waals surface area contributed by atoms with Gasteiger partial charge >= 0.3 is 0 Å². The highest BCUT2D eigenvalue weighted by Gasteiger charge is 1.96. The second-order valence-corrected chi connectivity index (χ2v) is 3.51. The van der Waals surface area contributed by atoms with Crippen LogP contribution in [0.15, 0.2) is 0 Å². The lowest BCUT2D eigenvalue weighted by atomic mass is 10.2. The Balaban J connectivity index is 2.95. The summed E-state index contributed by atoms with van der Waals surface area (Å²) in [6.07, 6.45) is 4.95. The maximum atomic E-state index is 10.7. The van der Waals surface area contributed by atoms with E-state index in [1.54, 1.807) is 7.05 Å². The number of nitrogens with one attached hydrogen (secondary N) is 1. The summed E-state index contributed by atoms with van der Waals surface area (Å²) in [6.45, 7) is 2.19. The fourth-order valence-corrected chi connectivity index (χ4v) is 1.44. The van der Waals surface area contributed by atoms with Crippen LogP contribution in [0.25, 0.3) is 0 Å². The fraction of sp³-hybridized carbons (Fsp3) is 0.875. The molecule has 0 aromatic rings. The highest BCUT2D eigenvalue weighted by Crippen LogP contribution is 2.07. The number of carbonyl (C=O) groups is 1. The number of carbonyl (C=O) groups excluding carboxylic acids is 1.